The molecule has 0 spiro atoms. The summed E-state index contributed by atoms with van der Waals surface area (Å²) in [6.07, 6.45) is 0.825. The molecule has 1 unspecified atom stereocenters. The van der Waals surface area contributed by atoms with Crippen LogP contribution in [-0.2, 0) is 14.9 Å². The Bertz CT molecular complexity index is 358. The normalized spacial score (nSPS) is 19.7. The summed E-state index contributed by atoms with van der Waals surface area (Å²) >= 11 is 3.38. The van der Waals surface area contributed by atoms with E-state index in [1.165, 1.54) is 5.56 Å². The number of benzene rings is 1. The van der Waals surface area contributed by atoms with Gasteiger partial charge in [-0.05, 0) is 24.1 Å². The SMILES string of the molecule is O=C(Nc1ccc(CBr)cc1)C1CCOC1. The van der Waals surface area contributed by atoms with Crippen molar-refractivity contribution < 1.29 is 9.53 Å². The van der Waals surface area contributed by atoms with Gasteiger partial charge in [-0.25, -0.2) is 0 Å². The van der Waals surface area contributed by atoms with Crippen molar-refractivity contribution in [2.24, 2.45) is 5.92 Å². The fourth-order valence-corrected chi connectivity index (χ4v) is 2.04. The van der Waals surface area contributed by atoms with Gasteiger partial charge in [-0.15, -0.1) is 0 Å². The number of carbonyl (C=O) groups excluding carboxylic acids is 1. The van der Waals surface area contributed by atoms with Gasteiger partial charge < -0.3 is 10.1 Å². The van der Waals surface area contributed by atoms with E-state index in [9.17, 15) is 4.79 Å². The Hall–Kier alpha value is -0.870. The molecule has 2 rings (SSSR count). The first-order valence-electron chi connectivity index (χ1n) is 5.33. The van der Waals surface area contributed by atoms with Crippen molar-refractivity contribution >= 4 is 27.5 Å². The molecule has 1 amide bonds. The smallest absolute Gasteiger partial charge is 0.229 e. The minimum Gasteiger partial charge on any atom is -0.381 e. The Morgan fingerprint density at radius 3 is 2.75 bits per heavy atom. The van der Waals surface area contributed by atoms with Crippen LogP contribution < -0.4 is 5.32 Å². The van der Waals surface area contributed by atoms with Gasteiger partial charge in [0.15, 0.2) is 0 Å². The highest BCUT2D eigenvalue weighted by atomic mass is 79.9. The molecular formula is C12H14BrNO2. The maximum atomic E-state index is 11.8. The molecule has 1 atom stereocenters. The molecular weight excluding hydrogens is 270 g/mol. The minimum absolute atomic E-state index is 0.0100. The van der Waals surface area contributed by atoms with Crippen LogP contribution in [0.5, 0.6) is 0 Å². The maximum Gasteiger partial charge on any atom is 0.229 e. The molecule has 3 nitrogen and oxygen atoms in total. The molecule has 0 aromatic heterocycles. The van der Waals surface area contributed by atoms with Crippen molar-refractivity contribution in [1.82, 2.24) is 0 Å². The van der Waals surface area contributed by atoms with Crippen LogP contribution in [0.3, 0.4) is 0 Å². The lowest BCUT2D eigenvalue weighted by Gasteiger charge is -2.09. The number of hydrogen-bond donors (Lipinski definition) is 1. The topological polar surface area (TPSA) is 38.3 Å². The van der Waals surface area contributed by atoms with Crippen LogP contribution in [0.25, 0.3) is 0 Å². The molecule has 86 valence electrons. The Morgan fingerprint density at radius 1 is 1.44 bits per heavy atom. The van der Waals surface area contributed by atoms with Crippen molar-refractivity contribution in [3.05, 3.63) is 29.8 Å². The van der Waals surface area contributed by atoms with Gasteiger partial charge in [-0.3, -0.25) is 4.79 Å². The summed E-state index contributed by atoms with van der Waals surface area (Å²) in [4.78, 5) is 11.8. The summed E-state index contributed by atoms with van der Waals surface area (Å²) < 4.78 is 5.19. The van der Waals surface area contributed by atoms with Crippen LogP contribution in [0.4, 0.5) is 5.69 Å². The van der Waals surface area contributed by atoms with E-state index < -0.39 is 0 Å². The second-order valence-electron chi connectivity index (χ2n) is 3.88. The van der Waals surface area contributed by atoms with Gasteiger partial charge in [0.1, 0.15) is 0 Å². The lowest BCUT2D eigenvalue weighted by atomic mass is 10.1. The number of nitrogens with one attached hydrogen (secondary N) is 1. The van der Waals surface area contributed by atoms with Gasteiger partial charge in [0.2, 0.25) is 5.91 Å². The molecule has 1 N–H and O–H groups in total. The number of halogens is 1. The van der Waals surface area contributed by atoms with E-state index in [0.29, 0.717) is 13.2 Å². The Morgan fingerprint density at radius 2 is 2.19 bits per heavy atom. The summed E-state index contributed by atoms with van der Waals surface area (Å²) in [5.41, 5.74) is 2.05. The number of ether oxygens (including phenoxy) is 1. The lowest BCUT2D eigenvalue weighted by molar-refractivity contribution is -0.119. The zero-order valence-corrected chi connectivity index (χ0v) is 10.5. The summed E-state index contributed by atoms with van der Waals surface area (Å²) in [6, 6.07) is 7.83. The van der Waals surface area contributed by atoms with Crippen LogP contribution in [0.15, 0.2) is 24.3 Å². The summed E-state index contributed by atoms with van der Waals surface area (Å²) in [7, 11) is 0. The third-order valence-electron chi connectivity index (χ3n) is 2.68. The highest BCUT2D eigenvalue weighted by molar-refractivity contribution is 9.08. The lowest BCUT2D eigenvalue weighted by Crippen LogP contribution is -2.22. The average molecular weight is 284 g/mol. The average Bonchev–Trinajstić information content (AvgIpc) is 2.83. The molecule has 1 aromatic carbocycles. The van der Waals surface area contributed by atoms with Crippen LogP contribution in [0.1, 0.15) is 12.0 Å². The highest BCUT2D eigenvalue weighted by Crippen LogP contribution is 2.17. The first-order valence-corrected chi connectivity index (χ1v) is 6.45. The third-order valence-corrected chi connectivity index (χ3v) is 3.32. The molecule has 4 heteroatoms. The van der Waals surface area contributed by atoms with E-state index in [1.807, 2.05) is 24.3 Å². The van der Waals surface area contributed by atoms with Gasteiger partial charge in [-0.2, -0.15) is 0 Å². The monoisotopic (exact) mass is 283 g/mol. The predicted molar refractivity (Wildman–Crippen MR) is 66.6 cm³/mol. The molecule has 0 bridgehead atoms. The van der Waals surface area contributed by atoms with E-state index in [0.717, 1.165) is 17.4 Å². The number of amides is 1. The molecule has 0 saturated carbocycles. The van der Waals surface area contributed by atoms with Crippen molar-refractivity contribution in [1.29, 1.82) is 0 Å². The molecule has 1 aliphatic rings. The number of anilines is 1. The Labute approximate surface area is 103 Å². The van der Waals surface area contributed by atoms with Crippen molar-refractivity contribution in [2.45, 2.75) is 11.8 Å². The minimum atomic E-state index is 0.0100. The first-order chi connectivity index (χ1) is 7.79. The van der Waals surface area contributed by atoms with Gasteiger partial charge in [0, 0.05) is 17.6 Å². The van der Waals surface area contributed by atoms with Crippen LogP contribution in [0.2, 0.25) is 0 Å². The summed E-state index contributed by atoms with van der Waals surface area (Å²) in [6.45, 7) is 1.24. The van der Waals surface area contributed by atoms with Gasteiger partial charge >= 0.3 is 0 Å². The third kappa shape index (κ3) is 2.83. The molecule has 0 aliphatic carbocycles. The number of rotatable bonds is 3. The molecule has 1 aromatic rings. The van der Waals surface area contributed by atoms with E-state index in [4.69, 9.17) is 4.74 Å². The first kappa shape index (κ1) is 11.6. The number of carbonyl (C=O) groups is 1. The second-order valence-corrected chi connectivity index (χ2v) is 4.44. The zero-order chi connectivity index (χ0) is 11.4. The van der Waals surface area contributed by atoms with Crippen LogP contribution in [0, 0.1) is 5.92 Å². The second kappa shape index (κ2) is 5.46. The highest BCUT2D eigenvalue weighted by Gasteiger charge is 2.23. The van der Waals surface area contributed by atoms with E-state index in [1.54, 1.807) is 0 Å². The Balaban J connectivity index is 1.94. The van der Waals surface area contributed by atoms with Crippen molar-refractivity contribution in [3.8, 4) is 0 Å². The largest absolute Gasteiger partial charge is 0.381 e. The summed E-state index contributed by atoms with van der Waals surface area (Å²) in [5, 5.41) is 3.73. The van der Waals surface area contributed by atoms with Crippen LogP contribution >= 0.6 is 15.9 Å². The van der Waals surface area contributed by atoms with Crippen molar-refractivity contribution in [3.63, 3.8) is 0 Å². The summed E-state index contributed by atoms with van der Waals surface area (Å²) in [5.74, 6) is 0.0694. The standard InChI is InChI=1S/C12H14BrNO2/c13-7-9-1-3-11(4-2-9)14-12(15)10-5-6-16-8-10/h1-4,10H,5-8H2,(H,14,15). The predicted octanol–water partition coefficient (Wildman–Crippen LogP) is 2.56. The quantitative estimate of drug-likeness (QED) is 0.866. The number of hydrogen-bond acceptors (Lipinski definition) is 2. The van der Waals surface area contributed by atoms with Crippen LogP contribution in [-0.4, -0.2) is 19.1 Å². The van der Waals surface area contributed by atoms with E-state index >= 15 is 0 Å². The zero-order valence-electron chi connectivity index (χ0n) is 8.91. The van der Waals surface area contributed by atoms with Gasteiger partial charge in [0.05, 0.1) is 12.5 Å². The van der Waals surface area contributed by atoms with Gasteiger partial charge in [0.25, 0.3) is 0 Å². The molecule has 1 heterocycles. The fraction of sp³-hybridized carbons (Fsp3) is 0.417. The Kier molecular flexibility index (Phi) is 3.96. The number of alkyl halides is 1. The molecule has 16 heavy (non-hydrogen) atoms. The molecule has 1 saturated heterocycles. The van der Waals surface area contributed by atoms with E-state index in [2.05, 4.69) is 21.2 Å². The molecule has 0 radical (unpaired) electrons. The molecule has 1 fully saturated rings. The molecule has 1 aliphatic heterocycles. The maximum absolute atomic E-state index is 11.8. The van der Waals surface area contributed by atoms with Crippen molar-refractivity contribution in [2.75, 3.05) is 18.5 Å². The van der Waals surface area contributed by atoms with E-state index in [-0.39, 0.29) is 11.8 Å². The van der Waals surface area contributed by atoms with Gasteiger partial charge in [-0.1, -0.05) is 28.1 Å². The fourth-order valence-electron chi connectivity index (χ4n) is 1.66.